The molecule has 1 aliphatic heterocycles. The zero-order valence-corrected chi connectivity index (χ0v) is 28.0. The molecule has 2 amide bonds. The number of benzene rings is 1. The molecule has 2 aromatic rings. The maximum Gasteiger partial charge on any atom is 0.510 e. The number of hydrogen-bond donors (Lipinski definition) is 3. The minimum Gasteiger partial charge on any atom is -0.432 e. The van der Waals surface area contributed by atoms with Gasteiger partial charge in [-0.05, 0) is 52.7 Å². The number of aromatic nitrogens is 2. The number of carbonyl (C=O) groups is 4. The molecule has 2 heterocycles. The fourth-order valence-corrected chi connectivity index (χ4v) is 6.06. The van der Waals surface area contributed by atoms with Gasteiger partial charge in [-0.1, -0.05) is 29.3 Å². The second-order valence-corrected chi connectivity index (χ2v) is 13.3. The van der Waals surface area contributed by atoms with E-state index in [4.69, 9.17) is 51.2 Å². The topological polar surface area (TPSA) is 197 Å². The number of likely N-dealkylation sites (tertiary alicyclic amines) is 1. The van der Waals surface area contributed by atoms with Crippen LogP contribution in [-0.4, -0.2) is 90.4 Å². The largest absolute Gasteiger partial charge is 0.510 e. The molecular weight excluding hydrogens is 672 g/mol. The van der Waals surface area contributed by atoms with E-state index in [0.717, 1.165) is 0 Å². The van der Waals surface area contributed by atoms with Crippen LogP contribution < -0.4 is 10.6 Å². The van der Waals surface area contributed by atoms with Gasteiger partial charge in [0.1, 0.15) is 12.0 Å². The van der Waals surface area contributed by atoms with E-state index in [1.165, 1.54) is 18.3 Å². The van der Waals surface area contributed by atoms with Crippen LogP contribution in [0.5, 0.6) is 0 Å². The van der Waals surface area contributed by atoms with E-state index in [-0.39, 0.29) is 39.3 Å². The van der Waals surface area contributed by atoms with Crippen LogP contribution in [0.15, 0.2) is 24.4 Å². The second-order valence-electron chi connectivity index (χ2n) is 10.4. The molecule has 1 aromatic heterocycles. The van der Waals surface area contributed by atoms with Gasteiger partial charge in [0.2, 0.25) is 13.6 Å². The summed E-state index contributed by atoms with van der Waals surface area (Å²) in [5.74, 6) is -1.12. The Morgan fingerprint density at radius 2 is 1.50 bits per heavy atom. The van der Waals surface area contributed by atoms with Crippen molar-refractivity contribution in [2.75, 3.05) is 38.3 Å². The van der Waals surface area contributed by atoms with Gasteiger partial charge in [0.25, 0.3) is 11.8 Å². The van der Waals surface area contributed by atoms with Crippen molar-refractivity contribution in [1.29, 1.82) is 0 Å². The Bertz CT molecular complexity index is 1360. The quantitative estimate of drug-likeness (QED) is 0.129. The third-order valence-electron chi connectivity index (χ3n) is 6.12. The highest BCUT2D eigenvalue weighted by Gasteiger charge is 2.33. The third kappa shape index (κ3) is 11.8. The van der Waals surface area contributed by atoms with Crippen LogP contribution in [0.25, 0.3) is 0 Å². The molecule has 0 radical (unpaired) electrons. The molecule has 254 valence electrons. The molecule has 3 rings (SSSR count). The number of nitrogens with zero attached hydrogens (tertiary/aromatic N) is 2. The molecule has 1 aromatic carbocycles. The average Bonchev–Trinajstić information content (AvgIpc) is 3.41. The number of amides is 2. The summed E-state index contributed by atoms with van der Waals surface area (Å²) < 4.78 is 43.4. The number of hydrogen-bond acceptors (Lipinski definition) is 13. The Morgan fingerprint density at radius 3 is 2.02 bits per heavy atom. The fraction of sp³-hybridized carbons (Fsp3) is 0.519. The molecule has 0 unspecified atom stereocenters. The predicted molar refractivity (Wildman–Crippen MR) is 165 cm³/mol. The van der Waals surface area contributed by atoms with E-state index in [0.29, 0.717) is 25.9 Å². The van der Waals surface area contributed by atoms with Crippen molar-refractivity contribution in [3.8, 4) is 0 Å². The Labute approximate surface area is 275 Å². The van der Waals surface area contributed by atoms with Crippen LogP contribution in [0.3, 0.4) is 0 Å². The number of ether oxygens (including phenoxy) is 4. The van der Waals surface area contributed by atoms with Gasteiger partial charge >= 0.3 is 19.9 Å². The SMILES string of the molecule is CC(C)OC(=O)OCOP(=O)(CN1CCC(NC(=O)c2[nH]ncc2NC(=O)c2c(Cl)cccc2Cl)CC1)OCOC(=O)OC(C)C. The van der Waals surface area contributed by atoms with Gasteiger partial charge in [-0.2, -0.15) is 5.10 Å². The van der Waals surface area contributed by atoms with Crippen molar-refractivity contribution in [3.05, 3.63) is 45.7 Å². The van der Waals surface area contributed by atoms with Crippen molar-refractivity contribution in [3.63, 3.8) is 0 Å². The van der Waals surface area contributed by atoms with Gasteiger partial charge in [-0.3, -0.25) is 33.2 Å². The van der Waals surface area contributed by atoms with Crippen LogP contribution in [-0.2, 0) is 32.6 Å². The number of piperidine rings is 1. The summed E-state index contributed by atoms with van der Waals surface area (Å²) in [6, 6.07) is 4.36. The van der Waals surface area contributed by atoms with Gasteiger partial charge in [-0.15, -0.1) is 0 Å². The van der Waals surface area contributed by atoms with Crippen molar-refractivity contribution >= 4 is 60.6 Å². The van der Waals surface area contributed by atoms with E-state index in [9.17, 15) is 23.7 Å². The molecule has 16 nitrogen and oxygen atoms in total. The van der Waals surface area contributed by atoms with Gasteiger partial charge < -0.3 is 29.6 Å². The highest BCUT2D eigenvalue weighted by atomic mass is 35.5. The molecule has 0 aliphatic carbocycles. The van der Waals surface area contributed by atoms with Gasteiger partial charge in [0.05, 0.1) is 39.7 Å². The lowest BCUT2D eigenvalue weighted by Crippen LogP contribution is -2.45. The number of nitrogens with one attached hydrogen (secondary N) is 3. The summed E-state index contributed by atoms with van der Waals surface area (Å²) >= 11 is 12.2. The van der Waals surface area contributed by atoms with Crippen molar-refractivity contribution in [2.24, 2.45) is 0 Å². The summed E-state index contributed by atoms with van der Waals surface area (Å²) in [7, 11) is -4.01. The minimum absolute atomic E-state index is 0.0252. The number of halogens is 2. The molecule has 46 heavy (non-hydrogen) atoms. The van der Waals surface area contributed by atoms with Crippen LogP contribution in [0.1, 0.15) is 61.4 Å². The van der Waals surface area contributed by atoms with E-state index in [2.05, 4.69) is 20.8 Å². The Morgan fingerprint density at radius 1 is 0.957 bits per heavy atom. The van der Waals surface area contributed by atoms with Crippen LogP contribution in [0.2, 0.25) is 10.0 Å². The lowest BCUT2D eigenvalue weighted by molar-refractivity contribution is -0.0320. The monoisotopic (exact) mass is 707 g/mol. The van der Waals surface area contributed by atoms with Crippen molar-refractivity contribution in [2.45, 2.75) is 58.8 Å². The number of carbonyl (C=O) groups excluding carboxylic acids is 4. The van der Waals surface area contributed by atoms with Crippen molar-refractivity contribution in [1.82, 2.24) is 20.4 Å². The standard InChI is InChI=1S/C27H36Cl2N5O11P/c1-16(2)44-26(37)40-14-42-46(39,43-15-41-27(38)45-17(3)4)13-34-10-8-18(9-11-34)31-25(36)23-21(12-30-33-23)32-24(35)22-19(28)6-5-7-20(22)29/h5-7,12,16-18H,8-11,13-15H2,1-4H3,(H,30,33)(H,31,36)(H,32,35). The summed E-state index contributed by atoms with van der Waals surface area (Å²) in [6.45, 7) is 5.76. The zero-order valence-electron chi connectivity index (χ0n) is 25.6. The molecule has 0 saturated carbocycles. The number of rotatable bonds is 14. The van der Waals surface area contributed by atoms with E-state index < -0.39 is 57.5 Å². The van der Waals surface area contributed by atoms with Crippen LogP contribution in [0, 0.1) is 0 Å². The third-order valence-corrected chi connectivity index (χ3v) is 8.49. The Balaban J connectivity index is 1.54. The smallest absolute Gasteiger partial charge is 0.432 e. The fourth-order valence-electron chi connectivity index (χ4n) is 4.06. The molecule has 1 fully saturated rings. The first-order chi connectivity index (χ1) is 21.8. The lowest BCUT2D eigenvalue weighted by atomic mass is 10.1. The maximum atomic E-state index is 13.5. The molecule has 1 aliphatic rings. The number of aromatic amines is 1. The summed E-state index contributed by atoms with van der Waals surface area (Å²) in [6.07, 6.45) is -0.982. The average molecular weight is 708 g/mol. The summed E-state index contributed by atoms with van der Waals surface area (Å²) in [5.41, 5.74) is 0.211. The summed E-state index contributed by atoms with van der Waals surface area (Å²) in [4.78, 5) is 51.0. The van der Waals surface area contributed by atoms with Gasteiger partial charge in [0.15, 0.2) is 0 Å². The molecule has 19 heteroatoms. The Kier molecular flexibility index (Phi) is 14.1. The Hall–Kier alpha value is -3.40. The first-order valence-electron chi connectivity index (χ1n) is 14.1. The second kappa shape index (κ2) is 17.5. The van der Waals surface area contributed by atoms with Crippen molar-refractivity contribution < 1.29 is 51.7 Å². The number of H-pyrrole nitrogens is 1. The number of anilines is 1. The van der Waals surface area contributed by atoms with E-state index in [1.54, 1.807) is 38.7 Å². The zero-order chi connectivity index (χ0) is 33.9. The first-order valence-corrected chi connectivity index (χ1v) is 16.6. The van der Waals surface area contributed by atoms with Crippen LogP contribution in [0.4, 0.5) is 15.3 Å². The van der Waals surface area contributed by atoms with E-state index in [1.807, 2.05) is 0 Å². The molecule has 0 spiro atoms. The van der Waals surface area contributed by atoms with Crippen LogP contribution >= 0.6 is 30.8 Å². The minimum atomic E-state index is -4.01. The summed E-state index contributed by atoms with van der Waals surface area (Å²) in [5, 5.41) is 12.2. The first kappa shape index (κ1) is 37.1. The highest BCUT2D eigenvalue weighted by Crippen LogP contribution is 2.49. The molecular formula is C27H36Cl2N5O11P. The maximum absolute atomic E-state index is 13.5. The molecule has 3 N–H and O–H groups in total. The molecule has 0 atom stereocenters. The molecule has 0 bridgehead atoms. The lowest BCUT2D eigenvalue weighted by Gasteiger charge is -2.33. The van der Waals surface area contributed by atoms with E-state index >= 15 is 0 Å². The normalized spacial score (nSPS) is 14.2. The van der Waals surface area contributed by atoms with Gasteiger partial charge in [0, 0.05) is 19.1 Å². The molecule has 1 saturated heterocycles. The highest BCUT2D eigenvalue weighted by molar-refractivity contribution is 7.53. The van der Waals surface area contributed by atoms with Gasteiger partial charge in [-0.25, -0.2) is 9.59 Å². The predicted octanol–water partition coefficient (Wildman–Crippen LogP) is 5.39.